The quantitative estimate of drug-likeness (QED) is 0.0247. The fourth-order valence-corrected chi connectivity index (χ4v) is 12.8. The van der Waals surface area contributed by atoms with Gasteiger partial charge in [-0.25, -0.2) is 9.37 Å². The first-order valence-electron chi connectivity index (χ1n) is 29.6. The first-order chi connectivity index (χ1) is 35.1. The summed E-state index contributed by atoms with van der Waals surface area (Å²) in [5, 5.41) is 7.58. The van der Waals surface area contributed by atoms with E-state index >= 15 is 0 Å². The van der Waals surface area contributed by atoms with E-state index in [1.54, 1.807) is 0 Å². The van der Waals surface area contributed by atoms with E-state index in [0.29, 0.717) is 12.2 Å². The zero-order valence-electron chi connectivity index (χ0n) is 46.0. The van der Waals surface area contributed by atoms with Gasteiger partial charge in [0.15, 0.2) is 13.1 Å². The molecule has 3 aliphatic rings. The minimum absolute atomic E-state index is 0.0705. The molecule has 3 aliphatic heterocycles. The molecule has 388 valence electrons. The Bertz CT molecular complexity index is 2690. The predicted molar refractivity (Wildman–Crippen MR) is 307 cm³/mol. The number of unbranched alkanes of at least 4 members (excludes halogenated alkanes) is 24. The smallest absolute Gasteiger partial charge is 0.338 e. The van der Waals surface area contributed by atoms with Crippen LogP contribution in [0.4, 0.5) is 5.69 Å². The summed E-state index contributed by atoms with van der Waals surface area (Å²) < 4.78 is 15.9. The molecule has 0 saturated heterocycles. The van der Waals surface area contributed by atoms with Gasteiger partial charge >= 0.3 is 5.97 Å². The van der Waals surface area contributed by atoms with Crippen LogP contribution in [-0.4, -0.2) is 32.2 Å². The van der Waals surface area contributed by atoms with Gasteiger partial charge in [-0.15, -0.1) is 0 Å². The third-order valence-electron chi connectivity index (χ3n) is 16.6. The third kappa shape index (κ3) is 13.0. The highest BCUT2D eigenvalue weighted by Crippen LogP contribution is 2.54. The first kappa shape index (κ1) is 53.6. The molecule has 0 bridgehead atoms. The Morgan fingerprint density at radius 1 is 0.556 bits per heavy atom. The third-order valence-corrected chi connectivity index (χ3v) is 16.6. The van der Waals surface area contributed by atoms with Crippen LogP contribution in [0.1, 0.15) is 241 Å². The van der Waals surface area contributed by atoms with Gasteiger partial charge in [0.05, 0.1) is 34.2 Å². The maximum Gasteiger partial charge on any atom is 0.338 e. The van der Waals surface area contributed by atoms with Gasteiger partial charge in [0.1, 0.15) is 11.5 Å². The summed E-state index contributed by atoms with van der Waals surface area (Å²) in [6.07, 6.45) is 37.3. The predicted octanol–water partition coefficient (Wildman–Crippen LogP) is 17.3. The number of nitrogens with zero attached hydrogens (tertiary/aromatic N) is 2. The molecule has 0 unspecified atom stereocenters. The standard InChI is InChI=1S/C67H93N2O3/c1-7-9-11-13-15-17-19-20-21-22-23-24-26-28-30-36-46-71-65(70)52-43-41-51(42-44-52)48-69-50-67(5,6)60-62(69)56-40-34-32-38-54(56)58-47-57-53-37-31-33-39-55(53)61-59(63(57)72-64(58)60)66(3,4)49-68(61)45-35-29-27-25-18-16-14-12-10-8-2/h31-34,37-44,47H,7-30,35-36,45-46,48-50H2,1-6H3/q+1. The Kier molecular flexibility index (Phi) is 19.4. The van der Waals surface area contributed by atoms with Crippen molar-refractivity contribution in [3.8, 4) is 11.5 Å². The summed E-state index contributed by atoms with van der Waals surface area (Å²) in [4.78, 5) is 15.9. The van der Waals surface area contributed by atoms with Crippen LogP contribution < -0.4 is 24.8 Å². The normalized spacial score (nSPS) is 15.1. The number of rotatable bonds is 31. The molecular formula is C67H93N2O3+. The monoisotopic (exact) mass is 974 g/mol. The molecule has 0 aromatic heterocycles. The zero-order valence-corrected chi connectivity index (χ0v) is 46.0. The summed E-state index contributed by atoms with van der Waals surface area (Å²) in [5.74, 6) is 1.86. The van der Waals surface area contributed by atoms with Gasteiger partial charge in [-0.3, -0.25) is 0 Å². The number of ether oxygens (including phenoxy) is 2. The van der Waals surface area contributed by atoms with E-state index in [1.807, 2.05) is 12.1 Å². The second-order valence-electron chi connectivity index (χ2n) is 23.6. The lowest BCUT2D eigenvalue weighted by atomic mass is 9.81. The van der Waals surface area contributed by atoms with E-state index < -0.39 is 0 Å². The van der Waals surface area contributed by atoms with Crippen LogP contribution in [0.2, 0.25) is 0 Å². The van der Waals surface area contributed by atoms with Crippen LogP contribution in [-0.2, 0) is 22.1 Å². The Morgan fingerprint density at radius 3 is 1.62 bits per heavy atom. The SMILES string of the molecule is CCCCCCCCCCCCCCCCCCOC(=O)c1ccc(C[N+]2=c3c(c4c(c5ccccc35)=Cc3c(c5c(c6ccccc36)N(CCCCCCCCCCCC)CC5(C)C)O4)C(C)(C)C2)cc1. The van der Waals surface area contributed by atoms with Crippen molar-refractivity contribution in [1.29, 1.82) is 0 Å². The second-order valence-corrected chi connectivity index (χ2v) is 23.6. The Balaban J connectivity index is 0.921. The van der Waals surface area contributed by atoms with E-state index in [-0.39, 0.29) is 16.8 Å². The number of fused-ring (bicyclic) bond motifs is 12. The van der Waals surface area contributed by atoms with Crippen molar-refractivity contribution in [1.82, 2.24) is 4.58 Å². The molecular weight excluding hydrogens is 881 g/mol. The van der Waals surface area contributed by atoms with Crippen molar-refractivity contribution in [2.45, 2.75) is 226 Å². The van der Waals surface area contributed by atoms with Gasteiger partial charge in [0, 0.05) is 45.8 Å². The molecule has 5 aromatic rings. The zero-order chi connectivity index (χ0) is 50.3. The molecule has 5 heteroatoms. The number of hydrogen-bond donors (Lipinski definition) is 0. The van der Waals surface area contributed by atoms with E-state index in [9.17, 15) is 4.79 Å². The first-order valence-corrected chi connectivity index (χ1v) is 29.6. The second kappa shape index (κ2) is 26.0. The molecule has 5 aromatic carbocycles. The van der Waals surface area contributed by atoms with Crippen LogP contribution in [0, 0.1) is 0 Å². The van der Waals surface area contributed by atoms with Crippen LogP contribution >= 0.6 is 0 Å². The summed E-state index contributed by atoms with van der Waals surface area (Å²) in [5.41, 5.74) is 6.84. The molecule has 72 heavy (non-hydrogen) atoms. The fourth-order valence-electron chi connectivity index (χ4n) is 12.8. The van der Waals surface area contributed by atoms with Crippen molar-refractivity contribution in [3.63, 3.8) is 0 Å². The van der Waals surface area contributed by atoms with Crippen molar-refractivity contribution >= 4 is 39.3 Å². The Labute approximate surface area is 435 Å². The molecule has 0 radical (unpaired) electrons. The van der Waals surface area contributed by atoms with Crippen LogP contribution in [0.5, 0.6) is 11.5 Å². The number of hydrogen-bond acceptors (Lipinski definition) is 4. The lowest BCUT2D eigenvalue weighted by Gasteiger charge is -2.28. The minimum atomic E-state index is -0.217. The van der Waals surface area contributed by atoms with E-state index in [1.165, 1.54) is 214 Å². The summed E-state index contributed by atoms with van der Waals surface area (Å²) in [7, 11) is 0. The van der Waals surface area contributed by atoms with Crippen LogP contribution in [0.15, 0.2) is 72.8 Å². The molecule has 0 aliphatic carbocycles. The molecule has 0 spiro atoms. The summed E-state index contributed by atoms with van der Waals surface area (Å²) >= 11 is 0. The molecule has 0 atom stereocenters. The van der Waals surface area contributed by atoms with E-state index in [4.69, 9.17) is 9.47 Å². The maximum absolute atomic E-state index is 13.2. The molecule has 5 nitrogen and oxygen atoms in total. The van der Waals surface area contributed by atoms with Gasteiger partial charge < -0.3 is 14.4 Å². The number of anilines is 1. The van der Waals surface area contributed by atoms with Crippen molar-refractivity contribution in [2.24, 2.45) is 0 Å². The van der Waals surface area contributed by atoms with Gasteiger partial charge in [-0.05, 0) is 61.7 Å². The van der Waals surface area contributed by atoms with Crippen molar-refractivity contribution in [3.05, 3.63) is 111 Å². The fraction of sp³-hybridized carbons (Fsp3) is 0.582. The number of carbonyl (C=O) groups excluding carboxylic acids is 1. The largest absolute Gasteiger partial charge is 0.462 e. The lowest BCUT2D eigenvalue weighted by Crippen LogP contribution is -2.30. The number of benzene rings is 5. The van der Waals surface area contributed by atoms with Gasteiger partial charge in [-0.1, -0.05) is 236 Å². The van der Waals surface area contributed by atoms with E-state index in [2.05, 4.69) is 118 Å². The average Bonchev–Trinajstić information content (AvgIpc) is 3.82. The lowest BCUT2D eigenvalue weighted by molar-refractivity contribution is 0.0497. The van der Waals surface area contributed by atoms with Crippen LogP contribution in [0.25, 0.3) is 27.6 Å². The maximum atomic E-state index is 13.2. The van der Waals surface area contributed by atoms with Crippen LogP contribution in [0.3, 0.4) is 0 Å². The van der Waals surface area contributed by atoms with E-state index in [0.717, 1.165) is 50.5 Å². The molecule has 0 saturated carbocycles. The highest BCUT2D eigenvalue weighted by Gasteiger charge is 2.45. The Morgan fingerprint density at radius 2 is 1.06 bits per heavy atom. The number of carbonyl (C=O) groups is 1. The minimum Gasteiger partial charge on any atom is -0.462 e. The average molecular weight is 974 g/mol. The highest BCUT2D eigenvalue weighted by atomic mass is 16.5. The van der Waals surface area contributed by atoms with Gasteiger partial charge in [0.25, 0.3) is 0 Å². The molecule has 0 N–H and O–H groups in total. The summed E-state index contributed by atoms with van der Waals surface area (Å²) in [6, 6.07) is 26.2. The molecule has 3 heterocycles. The highest BCUT2D eigenvalue weighted by molar-refractivity contribution is 6.06. The van der Waals surface area contributed by atoms with Crippen molar-refractivity contribution < 1.29 is 14.3 Å². The molecule has 8 rings (SSSR count). The van der Waals surface area contributed by atoms with Gasteiger partial charge in [-0.2, -0.15) is 0 Å². The summed E-state index contributed by atoms with van der Waals surface area (Å²) in [6.45, 7) is 18.4. The molecule has 0 amide bonds. The Hall–Kier alpha value is -4.64. The number of esters is 1. The van der Waals surface area contributed by atoms with Crippen molar-refractivity contribution in [2.75, 3.05) is 31.1 Å². The van der Waals surface area contributed by atoms with Gasteiger partial charge in [0.2, 0.25) is 5.36 Å². The molecule has 0 fully saturated rings. The topological polar surface area (TPSA) is 41.8 Å².